The molecule has 33 heavy (non-hydrogen) atoms. The van der Waals surface area contributed by atoms with Crippen molar-refractivity contribution in [2.24, 2.45) is 0 Å². The molecule has 174 valence electrons. The number of benzene rings is 2. The van der Waals surface area contributed by atoms with Gasteiger partial charge in [0.1, 0.15) is 12.1 Å². The minimum atomic E-state index is -3.89. The quantitative estimate of drug-likeness (QED) is 0.597. The third-order valence-electron chi connectivity index (χ3n) is 5.05. The van der Waals surface area contributed by atoms with Crippen molar-refractivity contribution in [3.63, 3.8) is 0 Å². The zero-order valence-corrected chi connectivity index (χ0v) is 19.3. The molecule has 0 aromatic heterocycles. The first-order chi connectivity index (χ1) is 15.5. The van der Waals surface area contributed by atoms with Crippen molar-refractivity contribution in [2.75, 3.05) is 23.4 Å². The molecular weight excluding hydrogens is 446 g/mol. The number of carbonyl (C=O) groups excluding carboxylic acids is 3. The van der Waals surface area contributed by atoms with Gasteiger partial charge in [0.25, 0.3) is 5.91 Å². The number of amides is 2. The molecule has 1 heterocycles. The van der Waals surface area contributed by atoms with E-state index in [-0.39, 0.29) is 5.91 Å². The number of carbonyl (C=O) groups is 3. The number of aryl methyl sites for hydroxylation is 1. The van der Waals surface area contributed by atoms with Crippen LogP contribution in [-0.4, -0.2) is 44.9 Å². The zero-order valence-electron chi connectivity index (χ0n) is 18.5. The van der Waals surface area contributed by atoms with Crippen LogP contribution in [0.15, 0.2) is 53.9 Å². The number of hydrogen-bond donors (Lipinski definition) is 2. The lowest BCUT2D eigenvalue weighted by Gasteiger charge is -2.41. The largest absolute Gasteiger partial charge is 0.455 e. The number of para-hydroxylation sites is 2. The maximum absolute atomic E-state index is 12.8. The molecule has 0 atom stereocenters. The molecule has 2 aromatic carbocycles. The summed E-state index contributed by atoms with van der Waals surface area (Å²) in [6, 6.07) is 14.0. The molecule has 2 N–H and O–H groups in total. The molecule has 0 bridgehead atoms. The van der Waals surface area contributed by atoms with E-state index in [2.05, 4.69) is 10.0 Å². The summed E-state index contributed by atoms with van der Waals surface area (Å²) in [4.78, 5) is 38.6. The minimum absolute atomic E-state index is 0.381. The number of esters is 1. The lowest BCUT2D eigenvalue weighted by atomic mass is 9.96. The van der Waals surface area contributed by atoms with Crippen molar-refractivity contribution in [3.8, 4) is 0 Å². The van der Waals surface area contributed by atoms with Crippen LogP contribution in [0.3, 0.4) is 0 Å². The first-order valence-corrected chi connectivity index (χ1v) is 11.7. The van der Waals surface area contributed by atoms with Gasteiger partial charge >= 0.3 is 5.97 Å². The average Bonchev–Trinajstić information content (AvgIpc) is 2.76. The first-order valence-electron chi connectivity index (χ1n) is 10.1. The fourth-order valence-electron chi connectivity index (χ4n) is 3.21. The number of rotatable bonds is 7. The Morgan fingerprint density at radius 1 is 1.12 bits per heavy atom. The minimum Gasteiger partial charge on any atom is -0.455 e. The Bertz CT molecular complexity index is 1200. The number of fused-ring (bicyclic) bond motifs is 1. The summed E-state index contributed by atoms with van der Waals surface area (Å²) >= 11 is 0. The Morgan fingerprint density at radius 3 is 2.48 bits per heavy atom. The van der Waals surface area contributed by atoms with E-state index >= 15 is 0 Å². The molecule has 1 aliphatic heterocycles. The molecule has 9 nitrogen and oxygen atoms in total. The van der Waals surface area contributed by atoms with Gasteiger partial charge in [-0.2, -0.15) is 0 Å². The third-order valence-corrected chi connectivity index (χ3v) is 6.09. The van der Waals surface area contributed by atoms with Crippen LogP contribution >= 0.6 is 0 Å². The molecule has 2 aromatic rings. The predicted octanol–water partition coefficient (Wildman–Crippen LogP) is 2.19. The normalized spacial score (nSPS) is 15.1. The molecule has 0 spiro atoms. The number of sulfonamides is 1. The van der Waals surface area contributed by atoms with Crippen LogP contribution < -0.4 is 14.9 Å². The Kier molecular flexibility index (Phi) is 6.99. The van der Waals surface area contributed by atoms with Crippen LogP contribution in [0.1, 0.15) is 25.0 Å². The van der Waals surface area contributed by atoms with E-state index in [1.54, 1.807) is 50.2 Å². The number of hydrogen-bond acceptors (Lipinski definition) is 6. The molecule has 2 amide bonds. The highest BCUT2D eigenvalue weighted by atomic mass is 32.2. The van der Waals surface area contributed by atoms with Crippen LogP contribution in [0.25, 0.3) is 6.08 Å². The van der Waals surface area contributed by atoms with Crippen molar-refractivity contribution >= 4 is 45.3 Å². The highest BCUT2D eigenvalue weighted by Crippen LogP contribution is 2.36. The van der Waals surface area contributed by atoms with E-state index in [0.29, 0.717) is 16.9 Å². The predicted molar refractivity (Wildman–Crippen MR) is 125 cm³/mol. The smallest absolute Gasteiger partial charge is 0.321 e. The second-order valence-corrected chi connectivity index (χ2v) is 9.65. The van der Waals surface area contributed by atoms with Gasteiger partial charge in [-0.05, 0) is 44.5 Å². The van der Waals surface area contributed by atoms with E-state index in [4.69, 9.17) is 4.74 Å². The lowest BCUT2D eigenvalue weighted by Crippen LogP contribution is -2.59. The first kappa shape index (κ1) is 24.1. The fraction of sp³-hybridized carbons (Fsp3) is 0.261. The topological polar surface area (TPSA) is 122 Å². The van der Waals surface area contributed by atoms with Gasteiger partial charge in [-0.15, -0.1) is 0 Å². The van der Waals surface area contributed by atoms with Crippen LogP contribution in [0.5, 0.6) is 0 Å². The molecule has 0 aliphatic carbocycles. The Hall–Kier alpha value is -3.50. The lowest BCUT2D eigenvalue weighted by molar-refractivity contribution is -0.147. The Morgan fingerprint density at radius 2 is 1.79 bits per heavy atom. The molecule has 0 unspecified atom stereocenters. The molecule has 0 saturated carbocycles. The summed E-state index contributed by atoms with van der Waals surface area (Å²) < 4.78 is 31.3. The van der Waals surface area contributed by atoms with Gasteiger partial charge in [0.15, 0.2) is 6.61 Å². The van der Waals surface area contributed by atoms with Crippen LogP contribution in [-0.2, 0) is 29.1 Å². The van der Waals surface area contributed by atoms with Crippen molar-refractivity contribution in [2.45, 2.75) is 26.3 Å². The van der Waals surface area contributed by atoms with Gasteiger partial charge in [0.05, 0.1) is 11.4 Å². The Labute approximate surface area is 192 Å². The van der Waals surface area contributed by atoms with Gasteiger partial charge < -0.3 is 10.1 Å². The van der Waals surface area contributed by atoms with Crippen LogP contribution in [0, 0.1) is 6.92 Å². The zero-order chi connectivity index (χ0) is 24.2. The third kappa shape index (κ3) is 5.85. The maximum Gasteiger partial charge on any atom is 0.321 e. The number of ether oxygens (including phenoxy) is 1. The number of nitrogens with one attached hydrogen (secondary N) is 2. The van der Waals surface area contributed by atoms with Gasteiger partial charge in [-0.3, -0.25) is 19.3 Å². The highest BCUT2D eigenvalue weighted by Gasteiger charge is 2.43. The Balaban J connectivity index is 1.57. The molecule has 0 fully saturated rings. The van der Waals surface area contributed by atoms with E-state index in [1.165, 1.54) is 11.0 Å². The van der Waals surface area contributed by atoms with Gasteiger partial charge in [-0.25, -0.2) is 13.1 Å². The van der Waals surface area contributed by atoms with Crippen molar-refractivity contribution in [1.82, 2.24) is 4.72 Å². The standard InChI is InChI=1S/C23H25N3O6S/c1-16-8-10-17(11-9-16)12-13-33(30,31)24-14-21(28)32-15-20(27)26-19-7-5-4-6-18(19)25-22(29)23(26,2)3/h4-13,24H,14-15H2,1-3H3,(H,25,29). The SMILES string of the molecule is Cc1ccc(C=CS(=O)(=O)NCC(=O)OCC(=O)N2c3ccccc3NC(=O)C2(C)C)cc1. The molecule has 3 rings (SSSR count). The van der Waals surface area contributed by atoms with Crippen LogP contribution in [0.2, 0.25) is 0 Å². The monoisotopic (exact) mass is 471 g/mol. The van der Waals surface area contributed by atoms with Crippen molar-refractivity contribution in [1.29, 1.82) is 0 Å². The second-order valence-electron chi connectivity index (χ2n) is 8.00. The molecular formula is C23H25N3O6S. The molecule has 0 saturated heterocycles. The molecule has 0 radical (unpaired) electrons. The second kappa shape index (κ2) is 9.55. The van der Waals surface area contributed by atoms with Crippen molar-refractivity contribution < 1.29 is 27.5 Å². The van der Waals surface area contributed by atoms with E-state index in [1.807, 2.05) is 19.1 Å². The van der Waals surface area contributed by atoms with E-state index < -0.39 is 40.6 Å². The van der Waals surface area contributed by atoms with Crippen molar-refractivity contribution in [3.05, 3.63) is 65.1 Å². The number of nitrogens with zero attached hydrogens (tertiary/aromatic N) is 1. The van der Waals surface area contributed by atoms with Crippen LogP contribution in [0.4, 0.5) is 11.4 Å². The molecule has 10 heteroatoms. The molecule has 1 aliphatic rings. The van der Waals surface area contributed by atoms with Gasteiger partial charge in [0.2, 0.25) is 15.9 Å². The van der Waals surface area contributed by atoms with Gasteiger partial charge in [-0.1, -0.05) is 42.0 Å². The summed E-state index contributed by atoms with van der Waals surface area (Å²) in [5, 5.41) is 3.69. The summed E-state index contributed by atoms with van der Waals surface area (Å²) in [7, 11) is -3.89. The fourth-order valence-corrected chi connectivity index (χ4v) is 3.96. The maximum atomic E-state index is 12.8. The number of anilines is 2. The summed E-state index contributed by atoms with van der Waals surface area (Å²) in [5.74, 6) is -1.92. The summed E-state index contributed by atoms with van der Waals surface area (Å²) in [6.45, 7) is 3.78. The summed E-state index contributed by atoms with van der Waals surface area (Å²) in [6.07, 6.45) is 1.40. The van der Waals surface area contributed by atoms with Gasteiger partial charge in [0, 0.05) is 5.41 Å². The average molecular weight is 472 g/mol. The van der Waals surface area contributed by atoms with E-state index in [9.17, 15) is 22.8 Å². The van der Waals surface area contributed by atoms with E-state index in [0.717, 1.165) is 11.0 Å². The summed E-state index contributed by atoms with van der Waals surface area (Å²) in [5.41, 5.74) is 1.47. The highest BCUT2D eigenvalue weighted by molar-refractivity contribution is 7.92.